The van der Waals surface area contributed by atoms with Gasteiger partial charge in [-0.05, 0) is 49.2 Å². The highest BCUT2D eigenvalue weighted by molar-refractivity contribution is 5.95. The van der Waals surface area contributed by atoms with Crippen LogP contribution in [0.15, 0.2) is 48.5 Å². The van der Waals surface area contributed by atoms with Gasteiger partial charge in [-0.2, -0.15) is 0 Å². The number of Topliss-reactive ketones (excluding diaryl/α,β-unsaturated/α-hetero) is 1. The molecule has 0 aliphatic rings. The van der Waals surface area contributed by atoms with Gasteiger partial charge in [0.25, 0.3) is 0 Å². The van der Waals surface area contributed by atoms with Gasteiger partial charge in [0, 0.05) is 17.7 Å². The van der Waals surface area contributed by atoms with Gasteiger partial charge in [0.2, 0.25) is 5.91 Å². The number of carbonyl (C=O) groups excluding carboxylic acids is 2. The van der Waals surface area contributed by atoms with E-state index in [9.17, 15) is 14.0 Å². The fourth-order valence-electron chi connectivity index (χ4n) is 1.96. The summed E-state index contributed by atoms with van der Waals surface area (Å²) in [5.41, 5.74) is 1.75. The molecular formula is C17H16FNO2. The Morgan fingerprint density at radius 2 is 1.71 bits per heavy atom. The van der Waals surface area contributed by atoms with Crippen molar-refractivity contribution in [3.05, 3.63) is 65.5 Å². The van der Waals surface area contributed by atoms with E-state index in [2.05, 4.69) is 5.32 Å². The van der Waals surface area contributed by atoms with Gasteiger partial charge in [0.1, 0.15) is 5.82 Å². The number of hydrogen-bond acceptors (Lipinski definition) is 2. The Bertz CT molecular complexity index is 650. The minimum atomic E-state index is -0.295. The number of rotatable bonds is 5. The van der Waals surface area contributed by atoms with Crippen LogP contribution in [0.3, 0.4) is 0 Å². The number of ketones is 1. The highest BCUT2D eigenvalue weighted by Crippen LogP contribution is 2.12. The van der Waals surface area contributed by atoms with Crippen LogP contribution in [0.2, 0.25) is 0 Å². The van der Waals surface area contributed by atoms with E-state index in [0.717, 1.165) is 0 Å². The minimum Gasteiger partial charge on any atom is -0.326 e. The molecule has 0 fully saturated rings. The van der Waals surface area contributed by atoms with E-state index in [1.165, 1.54) is 13.0 Å². The molecule has 0 aliphatic heterocycles. The third-order valence-electron chi connectivity index (χ3n) is 3.15. The van der Waals surface area contributed by atoms with Gasteiger partial charge in [-0.1, -0.05) is 18.2 Å². The van der Waals surface area contributed by atoms with Crippen molar-refractivity contribution >= 4 is 17.4 Å². The van der Waals surface area contributed by atoms with Crippen LogP contribution in [0.5, 0.6) is 0 Å². The number of hydrogen-bond donors (Lipinski definition) is 1. The average Bonchev–Trinajstić information content (AvgIpc) is 2.47. The highest BCUT2D eigenvalue weighted by atomic mass is 19.1. The lowest BCUT2D eigenvalue weighted by Crippen LogP contribution is -2.12. The molecule has 2 aromatic rings. The first-order valence-electron chi connectivity index (χ1n) is 6.70. The highest BCUT2D eigenvalue weighted by Gasteiger charge is 2.06. The molecule has 2 aromatic carbocycles. The zero-order valence-corrected chi connectivity index (χ0v) is 11.7. The van der Waals surface area contributed by atoms with Crippen LogP contribution in [0, 0.1) is 5.82 Å². The Morgan fingerprint density at radius 3 is 2.33 bits per heavy atom. The lowest BCUT2D eigenvalue weighted by atomic mass is 10.1. The average molecular weight is 285 g/mol. The Labute approximate surface area is 122 Å². The van der Waals surface area contributed by atoms with Gasteiger partial charge >= 0.3 is 0 Å². The maximum atomic E-state index is 13.4. The first kappa shape index (κ1) is 14.9. The van der Waals surface area contributed by atoms with E-state index < -0.39 is 0 Å². The van der Waals surface area contributed by atoms with Crippen LogP contribution in [0.25, 0.3) is 0 Å². The number of anilines is 1. The van der Waals surface area contributed by atoms with E-state index in [1.807, 2.05) is 0 Å². The summed E-state index contributed by atoms with van der Waals surface area (Å²) in [6.45, 7) is 1.49. The van der Waals surface area contributed by atoms with Crippen LogP contribution in [0.1, 0.15) is 29.3 Å². The summed E-state index contributed by atoms with van der Waals surface area (Å²) >= 11 is 0. The van der Waals surface area contributed by atoms with Crippen molar-refractivity contribution in [1.82, 2.24) is 0 Å². The largest absolute Gasteiger partial charge is 0.326 e. The molecular weight excluding hydrogens is 269 g/mol. The molecule has 4 heteroatoms. The Kier molecular flexibility index (Phi) is 4.82. The maximum Gasteiger partial charge on any atom is 0.224 e. The van der Waals surface area contributed by atoms with Crippen molar-refractivity contribution in [1.29, 1.82) is 0 Å². The molecule has 0 saturated heterocycles. The lowest BCUT2D eigenvalue weighted by molar-refractivity contribution is -0.116. The van der Waals surface area contributed by atoms with E-state index in [0.29, 0.717) is 23.2 Å². The predicted octanol–water partition coefficient (Wildman–Crippen LogP) is 3.60. The fourth-order valence-corrected chi connectivity index (χ4v) is 1.96. The zero-order valence-electron chi connectivity index (χ0n) is 11.7. The normalized spacial score (nSPS) is 10.2. The molecule has 0 aliphatic carbocycles. The van der Waals surface area contributed by atoms with Crippen molar-refractivity contribution in [3.63, 3.8) is 0 Å². The minimum absolute atomic E-state index is 0.0209. The summed E-state index contributed by atoms with van der Waals surface area (Å²) in [6, 6.07) is 13.1. The van der Waals surface area contributed by atoms with E-state index in [-0.39, 0.29) is 23.9 Å². The quantitative estimate of drug-likeness (QED) is 0.853. The second-order valence-corrected chi connectivity index (χ2v) is 4.77. The van der Waals surface area contributed by atoms with Gasteiger partial charge < -0.3 is 5.32 Å². The van der Waals surface area contributed by atoms with Crippen LogP contribution in [-0.2, 0) is 11.2 Å². The van der Waals surface area contributed by atoms with Crippen molar-refractivity contribution < 1.29 is 14.0 Å². The summed E-state index contributed by atoms with van der Waals surface area (Å²) in [6.07, 6.45) is 0.555. The molecule has 0 spiro atoms. The van der Waals surface area contributed by atoms with Crippen molar-refractivity contribution in [2.24, 2.45) is 0 Å². The Hall–Kier alpha value is -2.49. The molecule has 3 nitrogen and oxygen atoms in total. The molecule has 0 atom stereocenters. The molecule has 0 heterocycles. The number of halogens is 1. The van der Waals surface area contributed by atoms with Gasteiger partial charge in [-0.15, -0.1) is 0 Å². The second kappa shape index (κ2) is 6.79. The smallest absolute Gasteiger partial charge is 0.224 e. The molecule has 108 valence electrons. The summed E-state index contributed by atoms with van der Waals surface area (Å²) in [7, 11) is 0. The number of aryl methyl sites for hydroxylation is 1. The predicted molar refractivity (Wildman–Crippen MR) is 79.8 cm³/mol. The van der Waals surface area contributed by atoms with Gasteiger partial charge in [-0.25, -0.2) is 4.39 Å². The van der Waals surface area contributed by atoms with Gasteiger partial charge in [0.15, 0.2) is 5.78 Å². The van der Waals surface area contributed by atoms with Crippen molar-refractivity contribution in [2.45, 2.75) is 19.8 Å². The SMILES string of the molecule is CC(=O)c1ccc(NC(=O)CCc2ccccc2F)cc1. The van der Waals surface area contributed by atoms with Crippen LogP contribution >= 0.6 is 0 Å². The summed E-state index contributed by atoms with van der Waals surface area (Å²) < 4.78 is 13.4. The molecule has 2 rings (SSSR count). The summed E-state index contributed by atoms with van der Waals surface area (Å²) in [5.74, 6) is -0.502. The molecule has 21 heavy (non-hydrogen) atoms. The van der Waals surface area contributed by atoms with Crippen molar-refractivity contribution in [3.8, 4) is 0 Å². The topological polar surface area (TPSA) is 46.2 Å². The van der Waals surface area contributed by atoms with Gasteiger partial charge in [0.05, 0.1) is 0 Å². The van der Waals surface area contributed by atoms with Crippen LogP contribution in [-0.4, -0.2) is 11.7 Å². The zero-order chi connectivity index (χ0) is 15.2. The molecule has 0 unspecified atom stereocenters. The Morgan fingerprint density at radius 1 is 1.05 bits per heavy atom. The third-order valence-corrected chi connectivity index (χ3v) is 3.15. The molecule has 1 amide bonds. The number of benzene rings is 2. The fraction of sp³-hybridized carbons (Fsp3) is 0.176. The molecule has 0 saturated carbocycles. The maximum absolute atomic E-state index is 13.4. The van der Waals surface area contributed by atoms with Crippen LogP contribution in [0.4, 0.5) is 10.1 Å². The lowest BCUT2D eigenvalue weighted by Gasteiger charge is -2.06. The molecule has 0 bridgehead atoms. The van der Waals surface area contributed by atoms with Crippen LogP contribution < -0.4 is 5.32 Å². The standard InChI is InChI=1S/C17H16FNO2/c1-12(20)13-6-9-15(10-7-13)19-17(21)11-8-14-4-2-3-5-16(14)18/h2-7,9-10H,8,11H2,1H3,(H,19,21). The monoisotopic (exact) mass is 285 g/mol. The Balaban J connectivity index is 1.90. The van der Waals surface area contributed by atoms with E-state index >= 15 is 0 Å². The number of nitrogens with one attached hydrogen (secondary N) is 1. The first-order chi connectivity index (χ1) is 10.1. The number of carbonyl (C=O) groups is 2. The molecule has 0 radical (unpaired) electrons. The molecule has 1 N–H and O–H groups in total. The summed E-state index contributed by atoms with van der Waals surface area (Å²) in [4.78, 5) is 23.0. The van der Waals surface area contributed by atoms with Crippen molar-refractivity contribution in [2.75, 3.05) is 5.32 Å². The second-order valence-electron chi connectivity index (χ2n) is 4.77. The van der Waals surface area contributed by atoms with Gasteiger partial charge in [-0.3, -0.25) is 9.59 Å². The first-order valence-corrected chi connectivity index (χ1v) is 6.70. The van der Waals surface area contributed by atoms with E-state index in [4.69, 9.17) is 0 Å². The number of amides is 1. The summed E-state index contributed by atoms with van der Waals surface area (Å²) in [5, 5.41) is 2.73. The van der Waals surface area contributed by atoms with E-state index in [1.54, 1.807) is 42.5 Å². The molecule has 0 aromatic heterocycles. The third kappa shape index (κ3) is 4.24.